The zero-order chi connectivity index (χ0) is 13.3. The number of halogens is 1. The predicted molar refractivity (Wildman–Crippen MR) is 68.6 cm³/mol. The molecule has 18 heavy (non-hydrogen) atoms. The quantitative estimate of drug-likeness (QED) is 0.473. The summed E-state index contributed by atoms with van der Waals surface area (Å²) < 4.78 is 0. The molecular weight excluding hydrogens is 254 g/mol. The van der Waals surface area contributed by atoms with Crippen LogP contribution in [0.5, 0.6) is 0 Å². The van der Waals surface area contributed by atoms with Crippen molar-refractivity contribution < 1.29 is 4.92 Å². The van der Waals surface area contributed by atoms with Crippen LogP contribution in [0.4, 0.5) is 5.69 Å². The van der Waals surface area contributed by atoms with Crippen LogP contribution in [0.1, 0.15) is 11.4 Å². The number of nitro groups is 1. The van der Waals surface area contributed by atoms with Crippen molar-refractivity contribution in [3.05, 3.63) is 51.1 Å². The average molecular weight is 264 g/mol. The Morgan fingerprint density at radius 1 is 1.33 bits per heavy atom. The van der Waals surface area contributed by atoms with Gasteiger partial charge in [-0.1, -0.05) is 17.7 Å². The van der Waals surface area contributed by atoms with Gasteiger partial charge in [0.15, 0.2) is 0 Å². The summed E-state index contributed by atoms with van der Waals surface area (Å²) in [7, 11) is 0. The molecule has 0 saturated heterocycles. The molecule has 0 saturated carbocycles. The van der Waals surface area contributed by atoms with Crippen LogP contribution in [-0.2, 0) is 0 Å². The fraction of sp³-hybridized carbons (Fsp3) is 0.167. The highest BCUT2D eigenvalue weighted by Gasteiger charge is 2.21. The van der Waals surface area contributed by atoms with Gasteiger partial charge in [-0.15, -0.1) is 0 Å². The average Bonchev–Trinajstić information content (AvgIpc) is 2.28. The first-order valence-electron chi connectivity index (χ1n) is 5.23. The van der Waals surface area contributed by atoms with Crippen LogP contribution in [0.2, 0.25) is 5.15 Å². The molecule has 6 heteroatoms. The number of rotatable bonds is 2. The van der Waals surface area contributed by atoms with Crippen LogP contribution in [0, 0.1) is 24.0 Å². The predicted octanol–water partition coefficient (Wildman–Crippen LogP) is 3.32. The van der Waals surface area contributed by atoms with Crippen molar-refractivity contribution in [2.45, 2.75) is 13.8 Å². The largest absolute Gasteiger partial charge is 0.298 e. The summed E-state index contributed by atoms with van der Waals surface area (Å²) in [6, 6.07) is 5.06. The van der Waals surface area contributed by atoms with Crippen LogP contribution < -0.4 is 0 Å². The SMILES string of the molecule is Cc1ccc(-c2cc(Cl)nc(C)c2[N+](=O)[O-])cn1. The molecule has 2 heterocycles. The smallest absolute Gasteiger partial charge is 0.261 e. The lowest BCUT2D eigenvalue weighted by molar-refractivity contribution is -0.385. The van der Waals surface area contributed by atoms with Gasteiger partial charge in [-0.2, -0.15) is 0 Å². The molecule has 2 rings (SSSR count). The molecule has 0 fully saturated rings. The Morgan fingerprint density at radius 2 is 2.06 bits per heavy atom. The van der Waals surface area contributed by atoms with E-state index >= 15 is 0 Å². The first kappa shape index (κ1) is 12.4. The standard InChI is InChI=1S/C12H10ClN3O2/c1-7-3-4-9(6-14-7)10-5-11(13)15-8(2)12(10)16(17)18/h3-6H,1-2H3. The van der Waals surface area contributed by atoms with Crippen molar-refractivity contribution in [1.82, 2.24) is 9.97 Å². The lowest BCUT2D eigenvalue weighted by Gasteiger charge is -2.06. The minimum absolute atomic E-state index is 0.0370. The number of hydrogen-bond donors (Lipinski definition) is 0. The maximum Gasteiger partial charge on any atom is 0.298 e. The van der Waals surface area contributed by atoms with Crippen molar-refractivity contribution >= 4 is 17.3 Å². The first-order chi connectivity index (χ1) is 8.49. The van der Waals surface area contributed by atoms with Crippen molar-refractivity contribution in [2.24, 2.45) is 0 Å². The summed E-state index contributed by atoms with van der Waals surface area (Å²) in [5.74, 6) is 0. The van der Waals surface area contributed by atoms with E-state index in [4.69, 9.17) is 11.6 Å². The van der Waals surface area contributed by atoms with Crippen LogP contribution in [-0.4, -0.2) is 14.9 Å². The molecule has 0 amide bonds. The highest BCUT2D eigenvalue weighted by Crippen LogP contribution is 2.33. The molecule has 0 atom stereocenters. The Labute approximate surface area is 109 Å². The van der Waals surface area contributed by atoms with Gasteiger partial charge < -0.3 is 0 Å². The molecule has 0 radical (unpaired) electrons. The summed E-state index contributed by atoms with van der Waals surface area (Å²) in [6.45, 7) is 3.41. The van der Waals surface area contributed by atoms with Crippen LogP contribution in [0.3, 0.4) is 0 Å². The van der Waals surface area contributed by atoms with E-state index in [1.807, 2.05) is 6.92 Å². The van der Waals surface area contributed by atoms with Gasteiger partial charge in [-0.25, -0.2) is 4.98 Å². The molecule has 0 spiro atoms. The highest BCUT2D eigenvalue weighted by atomic mass is 35.5. The summed E-state index contributed by atoms with van der Waals surface area (Å²) in [4.78, 5) is 18.7. The van der Waals surface area contributed by atoms with Crippen molar-refractivity contribution in [3.8, 4) is 11.1 Å². The normalized spacial score (nSPS) is 10.4. The monoisotopic (exact) mass is 263 g/mol. The fourth-order valence-electron chi connectivity index (χ4n) is 1.71. The molecule has 92 valence electrons. The van der Waals surface area contributed by atoms with E-state index in [0.29, 0.717) is 16.8 Å². The molecule has 0 aliphatic heterocycles. The van der Waals surface area contributed by atoms with Gasteiger partial charge in [0.1, 0.15) is 10.8 Å². The second kappa shape index (κ2) is 4.70. The summed E-state index contributed by atoms with van der Waals surface area (Å²) >= 11 is 5.85. The Bertz CT molecular complexity index is 611. The third-order valence-electron chi connectivity index (χ3n) is 2.54. The van der Waals surface area contributed by atoms with Gasteiger partial charge in [0.25, 0.3) is 5.69 Å². The Morgan fingerprint density at radius 3 is 2.61 bits per heavy atom. The van der Waals surface area contributed by atoms with E-state index in [0.717, 1.165) is 5.69 Å². The molecule has 0 aliphatic carbocycles. The topological polar surface area (TPSA) is 68.9 Å². The number of aromatic nitrogens is 2. The zero-order valence-electron chi connectivity index (χ0n) is 9.85. The number of nitrogens with zero attached hydrogens (tertiary/aromatic N) is 3. The minimum Gasteiger partial charge on any atom is -0.261 e. The van der Waals surface area contributed by atoms with E-state index in [2.05, 4.69) is 9.97 Å². The lowest BCUT2D eigenvalue weighted by Crippen LogP contribution is -1.98. The molecule has 2 aromatic heterocycles. The third-order valence-corrected chi connectivity index (χ3v) is 2.73. The summed E-state index contributed by atoms with van der Waals surface area (Å²) in [5.41, 5.74) is 2.19. The molecule has 5 nitrogen and oxygen atoms in total. The maximum atomic E-state index is 11.1. The molecule has 0 N–H and O–H groups in total. The second-order valence-corrected chi connectivity index (χ2v) is 4.26. The van der Waals surface area contributed by atoms with Gasteiger partial charge in [0, 0.05) is 17.5 Å². The van der Waals surface area contributed by atoms with Gasteiger partial charge in [-0.3, -0.25) is 15.1 Å². The maximum absolute atomic E-state index is 11.1. The lowest BCUT2D eigenvalue weighted by atomic mass is 10.1. The summed E-state index contributed by atoms with van der Waals surface area (Å²) in [5, 5.41) is 11.3. The molecular formula is C12H10ClN3O2. The Balaban J connectivity index is 2.69. The number of aryl methyl sites for hydroxylation is 2. The van der Waals surface area contributed by atoms with Crippen molar-refractivity contribution in [3.63, 3.8) is 0 Å². The molecule has 0 unspecified atom stereocenters. The molecule has 0 aliphatic rings. The molecule has 2 aromatic rings. The second-order valence-electron chi connectivity index (χ2n) is 3.87. The third kappa shape index (κ3) is 2.31. The Hall–Kier alpha value is -2.01. The van der Waals surface area contributed by atoms with Crippen LogP contribution in [0.15, 0.2) is 24.4 Å². The van der Waals surface area contributed by atoms with E-state index in [1.165, 1.54) is 6.07 Å². The van der Waals surface area contributed by atoms with Crippen LogP contribution in [0.25, 0.3) is 11.1 Å². The van der Waals surface area contributed by atoms with Crippen molar-refractivity contribution in [2.75, 3.05) is 0 Å². The minimum atomic E-state index is -0.451. The van der Waals surface area contributed by atoms with Crippen molar-refractivity contribution in [1.29, 1.82) is 0 Å². The van der Waals surface area contributed by atoms with E-state index in [1.54, 1.807) is 25.3 Å². The van der Waals surface area contributed by atoms with E-state index < -0.39 is 4.92 Å². The highest BCUT2D eigenvalue weighted by molar-refractivity contribution is 6.29. The Kier molecular flexibility index (Phi) is 3.25. The molecule has 0 aromatic carbocycles. The number of hydrogen-bond acceptors (Lipinski definition) is 4. The van der Waals surface area contributed by atoms with E-state index in [-0.39, 0.29) is 10.8 Å². The van der Waals surface area contributed by atoms with Gasteiger partial charge in [-0.05, 0) is 26.0 Å². The van der Waals surface area contributed by atoms with Gasteiger partial charge in [0.05, 0.1) is 10.5 Å². The van der Waals surface area contributed by atoms with E-state index in [9.17, 15) is 10.1 Å². The number of pyridine rings is 2. The van der Waals surface area contributed by atoms with Crippen LogP contribution >= 0.6 is 11.6 Å². The summed E-state index contributed by atoms with van der Waals surface area (Å²) in [6.07, 6.45) is 1.59. The zero-order valence-corrected chi connectivity index (χ0v) is 10.6. The molecule has 0 bridgehead atoms. The fourth-order valence-corrected chi connectivity index (χ4v) is 1.94. The van der Waals surface area contributed by atoms with Gasteiger partial charge in [0.2, 0.25) is 0 Å². The first-order valence-corrected chi connectivity index (χ1v) is 5.61. The van der Waals surface area contributed by atoms with Gasteiger partial charge >= 0.3 is 0 Å².